The minimum Gasteiger partial charge on any atom is -0.496 e. The molecule has 6 nitrogen and oxygen atoms in total. The first-order valence-corrected chi connectivity index (χ1v) is 6.71. The maximum absolute atomic E-state index is 5.55. The van der Waals surface area contributed by atoms with Gasteiger partial charge in [0.15, 0.2) is 0 Å². The average Bonchev–Trinajstić information content (AvgIpc) is 2.59. The van der Waals surface area contributed by atoms with Crippen LogP contribution in [0.3, 0.4) is 0 Å². The molecule has 0 amide bonds. The molecule has 0 radical (unpaired) electrons. The Labute approximate surface area is 129 Å². The summed E-state index contributed by atoms with van der Waals surface area (Å²) >= 11 is 0. The Kier molecular flexibility index (Phi) is 5.19. The average molecular weight is 301 g/mol. The fourth-order valence-electron chi connectivity index (χ4n) is 2.16. The highest BCUT2D eigenvalue weighted by Gasteiger charge is 2.15. The number of methoxy groups -OCH3 is 3. The molecule has 0 aliphatic heterocycles. The topological polar surface area (TPSA) is 79.0 Å². The lowest BCUT2D eigenvalue weighted by molar-refractivity contribution is 0.387. The number of aromatic nitrogens is 1. The summed E-state index contributed by atoms with van der Waals surface area (Å²) in [6, 6.07) is 11.0. The Morgan fingerprint density at radius 2 is 1.64 bits per heavy atom. The highest BCUT2D eigenvalue weighted by Crippen LogP contribution is 2.29. The second-order valence-corrected chi connectivity index (χ2v) is 4.46. The molecule has 0 fully saturated rings. The molecule has 1 aromatic carbocycles. The van der Waals surface area contributed by atoms with Crippen LogP contribution in [0.2, 0.25) is 0 Å². The van der Waals surface area contributed by atoms with Crippen LogP contribution in [-0.2, 0) is 6.42 Å². The Hall–Kier alpha value is -2.76. The molecule has 22 heavy (non-hydrogen) atoms. The number of hydrogen-bond acceptors (Lipinski definition) is 6. The SMILES string of the molecule is COc1cccc(/C(Cc2c(OC)cccc2OC)=N\N)n1. The van der Waals surface area contributed by atoms with Gasteiger partial charge in [0.25, 0.3) is 0 Å². The molecule has 0 aliphatic carbocycles. The van der Waals surface area contributed by atoms with Crippen molar-refractivity contribution in [1.82, 2.24) is 4.98 Å². The maximum atomic E-state index is 5.55. The van der Waals surface area contributed by atoms with E-state index in [2.05, 4.69) is 10.1 Å². The van der Waals surface area contributed by atoms with E-state index in [4.69, 9.17) is 20.1 Å². The monoisotopic (exact) mass is 301 g/mol. The summed E-state index contributed by atoms with van der Waals surface area (Å²) in [5.41, 5.74) is 2.12. The number of benzene rings is 1. The van der Waals surface area contributed by atoms with E-state index < -0.39 is 0 Å². The Morgan fingerprint density at radius 3 is 2.18 bits per heavy atom. The molecular formula is C16H19N3O3. The second kappa shape index (κ2) is 7.31. The van der Waals surface area contributed by atoms with E-state index >= 15 is 0 Å². The summed E-state index contributed by atoms with van der Waals surface area (Å²) in [6.07, 6.45) is 0.434. The molecule has 116 valence electrons. The van der Waals surface area contributed by atoms with Crippen molar-refractivity contribution >= 4 is 5.71 Å². The number of rotatable bonds is 6. The van der Waals surface area contributed by atoms with Gasteiger partial charge in [0.05, 0.1) is 32.7 Å². The summed E-state index contributed by atoms with van der Waals surface area (Å²) in [5, 5.41) is 3.87. The number of pyridine rings is 1. The number of nitrogens with zero attached hydrogens (tertiary/aromatic N) is 2. The van der Waals surface area contributed by atoms with Crippen molar-refractivity contribution in [1.29, 1.82) is 0 Å². The standard InChI is InChI=1S/C16H19N3O3/c1-20-14-7-5-8-15(21-2)11(14)10-13(19-17)12-6-4-9-16(18-12)22-3/h4-9H,10,17H2,1-3H3/b19-13-. The number of hydrazone groups is 1. The molecule has 2 N–H and O–H groups in total. The molecule has 0 aliphatic rings. The van der Waals surface area contributed by atoms with Crippen molar-refractivity contribution in [2.45, 2.75) is 6.42 Å². The third kappa shape index (κ3) is 3.28. The van der Waals surface area contributed by atoms with Gasteiger partial charge in [-0.1, -0.05) is 12.1 Å². The summed E-state index contributed by atoms with van der Waals surface area (Å²) in [6.45, 7) is 0. The molecule has 0 bridgehead atoms. The van der Waals surface area contributed by atoms with Crippen LogP contribution < -0.4 is 20.1 Å². The van der Waals surface area contributed by atoms with Gasteiger partial charge >= 0.3 is 0 Å². The number of hydrogen-bond donors (Lipinski definition) is 1. The van der Waals surface area contributed by atoms with Crippen LogP contribution in [-0.4, -0.2) is 32.0 Å². The largest absolute Gasteiger partial charge is 0.496 e. The van der Waals surface area contributed by atoms with Crippen LogP contribution in [0.5, 0.6) is 17.4 Å². The van der Waals surface area contributed by atoms with Gasteiger partial charge in [0, 0.05) is 18.1 Å². The zero-order valence-electron chi connectivity index (χ0n) is 12.9. The first kappa shape index (κ1) is 15.6. The normalized spacial score (nSPS) is 11.1. The van der Waals surface area contributed by atoms with E-state index in [0.717, 1.165) is 5.56 Å². The minimum absolute atomic E-state index is 0.434. The van der Waals surface area contributed by atoms with Crippen molar-refractivity contribution in [3.63, 3.8) is 0 Å². The van der Waals surface area contributed by atoms with Crippen LogP contribution in [0.15, 0.2) is 41.5 Å². The lowest BCUT2D eigenvalue weighted by Gasteiger charge is -2.14. The molecule has 0 spiro atoms. The van der Waals surface area contributed by atoms with Crippen LogP contribution in [0.25, 0.3) is 0 Å². The van der Waals surface area contributed by atoms with E-state index in [0.29, 0.717) is 35.2 Å². The zero-order chi connectivity index (χ0) is 15.9. The Balaban J connectivity index is 2.39. The highest BCUT2D eigenvalue weighted by molar-refractivity contribution is 6.00. The third-order valence-electron chi connectivity index (χ3n) is 3.26. The predicted molar refractivity (Wildman–Crippen MR) is 84.8 cm³/mol. The van der Waals surface area contributed by atoms with Crippen molar-refractivity contribution in [3.05, 3.63) is 47.7 Å². The first-order chi connectivity index (χ1) is 10.7. The van der Waals surface area contributed by atoms with Crippen molar-refractivity contribution in [2.24, 2.45) is 10.9 Å². The van der Waals surface area contributed by atoms with E-state index in [1.807, 2.05) is 30.3 Å². The predicted octanol–water partition coefficient (Wildman–Crippen LogP) is 2.01. The number of ether oxygens (including phenoxy) is 3. The molecule has 0 saturated heterocycles. The van der Waals surface area contributed by atoms with Crippen molar-refractivity contribution < 1.29 is 14.2 Å². The summed E-state index contributed by atoms with van der Waals surface area (Å²) in [7, 11) is 4.79. The van der Waals surface area contributed by atoms with Gasteiger partial charge < -0.3 is 20.1 Å². The molecule has 0 unspecified atom stereocenters. The van der Waals surface area contributed by atoms with Gasteiger partial charge in [-0.3, -0.25) is 0 Å². The van der Waals surface area contributed by atoms with Gasteiger partial charge in [0.2, 0.25) is 5.88 Å². The van der Waals surface area contributed by atoms with E-state index in [1.54, 1.807) is 27.4 Å². The van der Waals surface area contributed by atoms with Gasteiger partial charge in [-0.25, -0.2) is 4.98 Å². The van der Waals surface area contributed by atoms with Crippen molar-refractivity contribution in [2.75, 3.05) is 21.3 Å². The molecular weight excluding hydrogens is 282 g/mol. The third-order valence-corrected chi connectivity index (χ3v) is 3.26. The lowest BCUT2D eigenvalue weighted by atomic mass is 10.0. The number of nitrogens with two attached hydrogens (primary N) is 1. The molecule has 1 heterocycles. The fourth-order valence-corrected chi connectivity index (χ4v) is 2.16. The fraction of sp³-hybridized carbons (Fsp3) is 0.250. The molecule has 1 aromatic heterocycles. The molecule has 2 rings (SSSR count). The zero-order valence-corrected chi connectivity index (χ0v) is 12.9. The van der Waals surface area contributed by atoms with Crippen LogP contribution >= 0.6 is 0 Å². The van der Waals surface area contributed by atoms with E-state index in [1.165, 1.54) is 0 Å². The summed E-state index contributed by atoms with van der Waals surface area (Å²) in [5.74, 6) is 7.48. The molecule has 6 heteroatoms. The molecule has 0 saturated carbocycles. The second-order valence-electron chi connectivity index (χ2n) is 4.46. The summed E-state index contributed by atoms with van der Waals surface area (Å²) in [4.78, 5) is 4.35. The Morgan fingerprint density at radius 1 is 1.00 bits per heavy atom. The quantitative estimate of drug-likeness (QED) is 0.501. The van der Waals surface area contributed by atoms with Crippen LogP contribution in [0.4, 0.5) is 0 Å². The van der Waals surface area contributed by atoms with E-state index in [-0.39, 0.29) is 0 Å². The van der Waals surface area contributed by atoms with E-state index in [9.17, 15) is 0 Å². The summed E-state index contributed by atoms with van der Waals surface area (Å²) < 4.78 is 15.9. The van der Waals surface area contributed by atoms with Crippen LogP contribution in [0, 0.1) is 0 Å². The molecule has 0 atom stereocenters. The van der Waals surface area contributed by atoms with Crippen molar-refractivity contribution in [3.8, 4) is 17.4 Å². The Bertz CT molecular complexity index is 649. The molecule has 2 aromatic rings. The minimum atomic E-state index is 0.434. The van der Waals surface area contributed by atoms with Gasteiger partial charge in [-0.15, -0.1) is 0 Å². The first-order valence-electron chi connectivity index (χ1n) is 6.71. The van der Waals surface area contributed by atoms with Gasteiger partial charge in [0.1, 0.15) is 11.5 Å². The van der Waals surface area contributed by atoms with Gasteiger partial charge in [-0.05, 0) is 18.2 Å². The maximum Gasteiger partial charge on any atom is 0.213 e. The smallest absolute Gasteiger partial charge is 0.213 e. The highest BCUT2D eigenvalue weighted by atomic mass is 16.5. The van der Waals surface area contributed by atoms with Gasteiger partial charge in [-0.2, -0.15) is 5.10 Å². The van der Waals surface area contributed by atoms with Crippen LogP contribution in [0.1, 0.15) is 11.3 Å². The lowest BCUT2D eigenvalue weighted by Crippen LogP contribution is -2.12.